The largest absolute Gasteiger partial charge is 0.494 e. The summed E-state index contributed by atoms with van der Waals surface area (Å²) < 4.78 is 13.3. The Labute approximate surface area is 209 Å². The molecule has 3 aromatic heterocycles. The molecule has 0 bridgehead atoms. The van der Waals surface area contributed by atoms with Gasteiger partial charge in [0.05, 0.1) is 47.0 Å². The zero-order valence-corrected chi connectivity index (χ0v) is 21.1. The molecule has 9 nitrogen and oxygen atoms in total. The number of aromatic nitrogens is 5. The Morgan fingerprint density at radius 3 is 2.77 bits per heavy atom. The number of anilines is 1. The van der Waals surface area contributed by atoms with Crippen LogP contribution in [0.4, 0.5) is 5.82 Å². The lowest BCUT2D eigenvalue weighted by Crippen LogP contribution is -2.18. The van der Waals surface area contributed by atoms with E-state index in [1.807, 2.05) is 63.1 Å². The number of benzene rings is 1. The van der Waals surface area contributed by atoms with E-state index in [4.69, 9.17) is 30.8 Å². The minimum absolute atomic E-state index is 0.525. The van der Waals surface area contributed by atoms with Crippen LogP contribution in [0.1, 0.15) is 29.1 Å². The van der Waals surface area contributed by atoms with E-state index in [-0.39, 0.29) is 0 Å². The van der Waals surface area contributed by atoms with Crippen LogP contribution in [0.2, 0.25) is 5.02 Å². The van der Waals surface area contributed by atoms with Crippen molar-refractivity contribution in [2.45, 2.75) is 33.4 Å². The quantitative estimate of drug-likeness (QED) is 0.363. The summed E-state index contributed by atoms with van der Waals surface area (Å²) in [5.41, 5.74) is 5.47. The highest BCUT2D eigenvalue weighted by molar-refractivity contribution is 6.33. The molecule has 4 heterocycles. The first-order valence-electron chi connectivity index (χ1n) is 11.6. The van der Waals surface area contributed by atoms with Crippen molar-refractivity contribution in [1.29, 1.82) is 0 Å². The first kappa shape index (κ1) is 23.3. The van der Waals surface area contributed by atoms with Crippen LogP contribution in [-0.2, 0) is 20.1 Å². The summed E-state index contributed by atoms with van der Waals surface area (Å²) >= 11 is 6.64. The summed E-state index contributed by atoms with van der Waals surface area (Å²) in [4.78, 5) is 12.1. The Hall–Kier alpha value is -3.43. The van der Waals surface area contributed by atoms with Crippen molar-refractivity contribution in [3.63, 3.8) is 0 Å². The van der Waals surface area contributed by atoms with Gasteiger partial charge in [-0.05, 0) is 52.1 Å². The van der Waals surface area contributed by atoms with Crippen LogP contribution in [0.5, 0.6) is 5.75 Å². The number of nitrogens with zero attached hydrogens (tertiary/aromatic N) is 6. The van der Waals surface area contributed by atoms with Crippen molar-refractivity contribution in [2.75, 3.05) is 25.1 Å². The molecule has 0 saturated carbocycles. The normalized spacial score (nSPS) is 12.9. The van der Waals surface area contributed by atoms with Gasteiger partial charge >= 0.3 is 0 Å². The van der Waals surface area contributed by atoms with Gasteiger partial charge < -0.3 is 19.5 Å². The Bertz CT molecular complexity index is 1340. The first-order chi connectivity index (χ1) is 16.9. The summed E-state index contributed by atoms with van der Waals surface area (Å²) in [6.07, 6.45) is 2.82. The Balaban J connectivity index is 1.56. The maximum absolute atomic E-state index is 6.64. The number of hydrogen-bond acceptors (Lipinski definition) is 8. The highest BCUT2D eigenvalue weighted by Gasteiger charge is 2.26. The van der Waals surface area contributed by atoms with Crippen LogP contribution in [-0.4, -0.2) is 45.1 Å². The number of aryl methyl sites for hydroxylation is 3. The second-order valence-electron chi connectivity index (χ2n) is 8.68. The summed E-state index contributed by atoms with van der Waals surface area (Å²) in [5.74, 6) is 2.77. The molecular formula is C25H28ClN7O2. The van der Waals surface area contributed by atoms with E-state index in [1.165, 1.54) is 11.3 Å². The predicted molar refractivity (Wildman–Crippen MR) is 135 cm³/mol. The highest BCUT2D eigenvalue weighted by atomic mass is 35.5. The molecule has 1 aromatic carbocycles. The molecular weight excluding hydrogens is 466 g/mol. The SMILES string of the molecule is CNCCCOc1ccc(Cl)c(-c2nc(-c3c(C)noc3C)cc(N3Cc4cnn(C)c4C3)n2)c1. The van der Waals surface area contributed by atoms with E-state index in [9.17, 15) is 0 Å². The molecule has 1 N–H and O–H groups in total. The van der Waals surface area contributed by atoms with Gasteiger partial charge in [-0.3, -0.25) is 4.68 Å². The molecule has 4 aromatic rings. The molecule has 5 rings (SSSR count). The van der Waals surface area contributed by atoms with Gasteiger partial charge in [0.15, 0.2) is 5.82 Å². The standard InChI is InChI=1S/C25H28ClN7O2/c1-15-24(16(2)35-31-15)21-11-23(33-13-17-12-28-32(4)22(17)14-33)30-25(29-21)19-10-18(6-7-20(19)26)34-9-5-8-27-3/h6-7,10-12,27H,5,8-9,13-14H2,1-4H3. The van der Waals surface area contributed by atoms with Gasteiger partial charge in [-0.15, -0.1) is 0 Å². The Morgan fingerprint density at radius 2 is 2.03 bits per heavy atom. The van der Waals surface area contributed by atoms with Crippen molar-refractivity contribution < 1.29 is 9.26 Å². The molecule has 0 amide bonds. The zero-order chi connectivity index (χ0) is 24.5. The average molecular weight is 494 g/mol. The summed E-state index contributed by atoms with van der Waals surface area (Å²) in [7, 11) is 3.89. The number of rotatable bonds is 8. The van der Waals surface area contributed by atoms with Gasteiger partial charge in [-0.2, -0.15) is 5.10 Å². The maximum Gasteiger partial charge on any atom is 0.163 e. The minimum atomic E-state index is 0.525. The monoisotopic (exact) mass is 493 g/mol. The van der Waals surface area contributed by atoms with Crippen molar-refractivity contribution in [3.05, 3.63) is 58.2 Å². The molecule has 10 heteroatoms. The van der Waals surface area contributed by atoms with Crippen LogP contribution in [0.15, 0.2) is 35.0 Å². The summed E-state index contributed by atoms with van der Waals surface area (Å²) in [5, 5.41) is 12.2. The second kappa shape index (κ2) is 9.67. The van der Waals surface area contributed by atoms with Crippen molar-refractivity contribution in [2.24, 2.45) is 7.05 Å². The van der Waals surface area contributed by atoms with E-state index >= 15 is 0 Å². The third-order valence-electron chi connectivity index (χ3n) is 6.19. The molecule has 0 fully saturated rings. The molecule has 0 aliphatic carbocycles. The predicted octanol–water partition coefficient (Wildman–Crippen LogP) is 4.31. The molecule has 0 radical (unpaired) electrons. The van der Waals surface area contributed by atoms with Gasteiger partial charge in [0.25, 0.3) is 0 Å². The lowest BCUT2D eigenvalue weighted by atomic mass is 10.1. The Kier molecular flexibility index (Phi) is 6.44. The Morgan fingerprint density at radius 1 is 1.17 bits per heavy atom. The molecule has 35 heavy (non-hydrogen) atoms. The van der Waals surface area contributed by atoms with Crippen LogP contribution < -0.4 is 15.0 Å². The van der Waals surface area contributed by atoms with Gasteiger partial charge in [0.2, 0.25) is 0 Å². The lowest BCUT2D eigenvalue weighted by molar-refractivity contribution is 0.310. The second-order valence-corrected chi connectivity index (χ2v) is 9.08. The van der Waals surface area contributed by atoms with Crippen molar-refractivity contribution >= 4 is 17.4 Å². The molecule has 1 aliphatic rings. The summed E-state index contributed by atoms with van der Waals surface area (Å²) in [6.45, 7) is 6.74. The molecule has 0 atom stereocenters. The number of halogens is 1. The fourth-order valence-corrected chi connectivity index (χ4v) is 4.55. The minimum Gasteiger partial charge on any atom is -0.494 e. The van der Waals surface area contributed by atoms with Gasteiger partial charge in [0, 0.05) is 30.8 Å². The van der Waals surface area contributed by atoms with E-state index in [0.29, 0.717) is 35.3 Å². The maximum atomic E-state index is 6.64. The third-order valence-corrected chi connectivity index (χ3v) is 6.52. The van der Waals surface area contributed by atoms with Gasteiger partial charge in [-0.1, -0.05) is 16.8 Å². The number of fused-ring (bicyclic) bond motifs is 1. The molecule has 0 saturated heterocycles. The van der Waals surface area contributed by atoms with Crippen LogP contribution in [0.25, 0.3) is 22.6 Å². The van der Waals surface area contributed by atoms with E-state index < -0.39 is 0 Å². The number of ether oxygens (including phenoxy) is 1. The zero-order valence-electron chi connectivity index (χ0n) is 20.3. The van der Waals surface area contributed by atoms with Crippen molar-refractivity contribution in [1.82, 2.24) is 30.2 Å². The lowest BCUT2D eigenvalue weighted by Gasteiger charge is -2.19. The fraction of sp³-hybridized carbons (Fsp3) is 0.360. The topological polar surface area (TPSA) is 94.1 Å². The van der Waals surface area contributed by atoms with Crippen LogP contribution in [0.3, 0.4) is 0 Å². The van der Waals surface area contributed by atoms with E-state index in [2.05, 4.69) is 20.5 Å². The molecule has 0 spiro atoms. The molecule has 0 unspecified atom stereocenters. The van der Waals surface area contributed by atoms with Gasteiger partial charge in [0.1, 0.15) is 17.3 Å². The van der Waals surface area contributed by atoms with Crippen molar-refractivity contribution in [3.8, 4) is 28.4 Å². The number of nitrogens with one attached hydrogen (secondary N) is 1. The fourth-order valence-electron chi connectivity index (χ4n) is 4.35. The first-order valence-corrected chi connectivity index (χ1v) is 12.0. The third kappa shape index (κ3) is 4.61. The van der Waals surface area contributed by atoms with E-state index in [1.54, 1.807) is 0 Å². The average Bonchev–Trinajstić information content (AvgIpc) is 3.53. The smallest absolute Gasteiger partial charge is 0.163 e. The molecule has 1 aliphatic heterocycles. The molecule has 182 valence electrons. The van der Waals surface area contributed by atoms with Gasteiger partial charge in [-0.25, -0.2) is 9.97 Å². The number of hydrogen-bond donors (Lipinski definition) is 1. The summed E-state index contributed by atoms with van der Waals surface area (Å²) in [6, 6.07) is 7.59. The van der Waals surface area contributed by atoms with Crippen LogP contribution in [0, 0.1) is 13.8 Å². The highest BCUT2D eigenvalue weighted by Crippen LogP contribution is 2.36. The van der Waals surface area contributed by atoms with E-state index in [0.717, 1.165) is 48.0 Å². The van der Waals surface area contributed by atoms with Crippen LogP contribution >= 0.6 is 11.6 Å².